The van der Waals surface area contributed by atoms with E-state index in [9.17, 15) is 0 Å². The quantitative estimate of drug-likeness (QED) is 0.761. The van der Waals surface area contributed by atoms with Crippen molar-refractivity contribution in [2.24, 2.45) is 0 Å². The fraction of sp³-hybridized carbons (Fsp3) is 0.273. The lowest BCUT2D eigenvalue weighted by Gasteiger charge is -2.07. The van der Waals surface area contributed by atoms with Crippen molar-refractivity contribution >= 4 is 17.8 Å². The number of thioether (sulfide) groups is 1. The van der Waals surface area contributed by atoms with Gasteiger partial charge in [-0.25, -0.2) is 0 Å². The lowest BCUT2D eigenvalue weighted by Crippen LogP contribution is -1.90. The monoisotopic (exact) mass is 210 g/mol. The molecule has 0 spiro atoms. The molecule has 1 rings (SSSR count). The van der Waals surface area contributed by atoms with Gasteiger partial charge in [-0.05, 0) is 35.4 Å². The van der Waals surface area contributed by atoms with E-state index in [4.69, 9.17) is 9.47 Å². The maximum atomic E-state index is 5.19. The van der Waals surface area contributed by atoms with Gasteiger partial charge >= 0.3 is 0 Å². The molecule has 0 saturated heterocycles. The third-order valence-electron chi connectivity index (χ3n) is 1.80. The summed E-state index contributed by atoms with van der Waals surface area (Å²) in [4.78, 5) is 0. The maximum Gasteiger partial charge on any atom is 0.161 e. The zero-order valence-corrected chi connectivity index (χ0v) is 9.43. The van der Waals surface area contributed by atoms with Crippen molar-refractivity contribution < 1.29 is 9.47 Å². The molecule has 0 aromatic heterocycles. The minimum absolute atomic E-state index is 0.758. The summed E-state index contributed by atoms with van der Waals surface area (Å²) in [5.74, 6) is 1.52. The summed E-state index contributed by atoms with van der Waals surface area (Å²) >= 11 is 1.67. The van der Waals surface area contributed by atoms with Crippen molar-refractivity contribution in [3.05, 3.63) is 29.2 Å². The molecule has 0 amide bonds. The van der Waals surface area contributed by atoms with Crippen LogP contribution < -0.4 is 9.47 Å². The largest absolute Gasteiger partial charge is 0.493 e. The summed E-state index contributed by atoms with van der Waals surface area (Å²) in [5, 5.41) is 2.03. The summed E-state index contributed by atoms with van der Waals surface area (Å²) in [6, 6.07) is 5.85. The summed E-state index contributed by atoms with van der Waals surface area (Å²) in [6.45, 7) is 0. The van der Waals surface area contributed by atoms with Crippen molar-refractivity contribution in [1.29, 1.82) is 0 Å². The summed E-state index contributed by atoms with van der Waals surface area (Å²) in [6.07, 6.45) is 4.06. The normalized spacial score (nSPS) is 10.5. The SMILES string of the molecule is COc1ccc(C=CSC)cc1OC. The Hall–Kier alpha value is -1.09. The number of ether oxygens (including phenoxy) is 2. The van der Waals surface area contributed by atoms with Gasteiger partial charge in [0, 0.05) is 0 Å². The zero-order chi connectivity index (χ0) is 10.4. The van der Waals surface area contributed by atoms with E-state index in [-0.39, 0.29) is 0 Å². The molecule has 0 atom stereocenters. The van der Waals surface area contributed by atoms with Crippen molar-refractivity contribution in [3.63, 3.8) is 0 Å². The minimum Gasteiger partial charge on any atom is -0.493 e. The van der Waals surface area contributed by atoms with Crippen LogP contribution in [0.5, 0.6) is 11.5 Å². The van der Waals surface area contributed by atoms with Gasteiger partial charge in [-0.3, -0.25) is 0 Å². The fourth-order valence-corrected chi connectivity index (χ4v) is 1.40. The first-order chi connectivity index (χ1) is 6.81. The molecule has 0 fully saturated rings. The molecule has 1 aromatic carbocycles. The van der Waals surface area contributed by atoms with Crippen LogP contribution in [-0.4, -0.2) is 20.5 Å². The standard InChI is InChI=1S/C11H14O2S/c1-12-10-5-4-9(6-7-14-3)8-11(10)13-2/h4-8H,1-3H3. The molecule has 0 radical (unpaired) electrons. The Morgan fingerprint density at radius 2 is 1.86 bits per heavy atom. The van der Waals surface area contributed by atoms with Crippen LogP contribution in [0.4, 0.5) is 0 Å². The second kappa shape index (κ2) is 5.60. The van der Waals surface area contributed by atoms with E-state index < -0.39 is 0 Å². The average molecular weight is 210 g/mol. The van der Waals surface area contributed by atoms with Gasteiger partial charge in [0.1, 0.15) is 0 Å². The molecule has 0 aliphatic rings. The number of methoxy groups -OCH3 is 2. The van der Waals surface area contributed by atoms with Crippen molar-refractivity contribution in [2.45, 2.75) is 0 Å². The van der Waals surface area contributed by atoms with Gasteiger partial charge < -0.3 is 9.47 Å². The lowest BCUT2D eigenvalue weighted by molar-refractivity contribution is 0.355. The highest BCUT2D eigenvalue weighted by molar-refractivity contribution is 8.01. The summed E-state index contributed by atoms with van der Waals surface area (Å²) in [5.41, 5.74) is 1.11. The number of hydrogen-bond donors (Lipinski definition) is 0. The molecule has 0 aliphatic carbocycles. The number of benzene rings is 1. The molecule has 0 saturated carbocycles. The van der Waals surface area contributed by atoms with Crippen LogP contribution in [0, 0.1) is 0 Å². The van der Waals surface area contributed by atoms with Gasteiger partial charge in [0.25, 0.3) is 0 Å². The van der Waals surface area contributed by atoms with Crippen LogP contribution in [0.1, 0.15) is 5.56 Å². The Kier molecular flexibility index (Phi) is 4.40. The van der Waals surface area contributed by atoms with Crippen LogP contribution in [0.3, 0.4) is 0 Å². The van der Waals surface area contributed by atoms with Crippen molar-refractivity contribution in [2.75, 3.05) is 20.5 Å². The summed E-state index contributed by atoms with van der Waals surface area (Å²) < 4.78 is 10.3. The molecule has 0 aliphatic heterocycles. The lowest BCUT2D eigenvalue weighted by atomic mass is 10.2. The van der Waals surface area contributed by atoms with E-state index in [1.54, 1.807) is 26.0 Å². The molecular weight excluding hydrogens is 196 g/mol. The Morgan fingerprint density at radius 1 is 1.14 bits per heavy atom. The first-order valence-electron chi connectivity index (χ1n) is 4.23. The second-order valence-corrected chi connectivity index (χ2v) is 3.40. The highest BCUT2D eigenvalue weighted by Gasteiger charge is 2.01. The Labute approximate surface area is 88.9 Å². The molecule has 0 N–H and O–H groups in total. The predicted molar refractivity (Wildman–Crippen MR) is 62.1 cm³/mol. The molecule has 76 valence electrons. The molecule has 0 heterocycles. The van der Waals surface area contributed by atoms with Crippen LogP contribution >= 0.6 is 11.8 Å². The van der Waals surface area contributed by atoms with Gasteiger partial charge in [-0.2, -0.15) is 0 Å². The molecule has 3 heteroatoms. The molecule has 0 bridgehead atoms. The van der Waals surface area contributed by atoms with E-state index in [2.05, 4.69) is 0 Å². The number of rotatable bonds is 4. The maximum absolute atomic E-state index is 5.19. The van der Waals surface area contributed by atoms with E-state index in [0.29, 0.717) is 0 Å². The molecule has 14 heavy (non-hydrogen) atoms. The summed E-state index contributed by atoms with van der Waals surface area (Å²) in [7, 11) is 3.27. The Balaban J connectivity index is 2.95. The first-order valence-corrected chi connectivity index (χ1v) is 5.52. The van der Waals surface area contributed by atoms with Gasteiger partial charge in [0.2, 0.25) is 0 Å². The molecular formula is C11H14O2S. The zero-order valence-electron chi connectivity index (χ0n) is 8.61. The highest BCUT2D eigenvalue weighted by Crippen LogP contribution is 2.28. The van der Waals surface area contributed by atoms with Crippen molar-refractivity contribution in [1.82, 2.24) is 0 Å². The highest BCUT2D eigenvalue weighted by atomic mass is 32.2. The average Bonchev–Trinajstić information content (AvgIpc) is 2.25. The topological polar surface area (TPSA) is 18.5 Å². The van der Waals surface area contributed by atoms with Gasteiger partial charge in [0.05, 0.1) is 14.2 Å². The third-order valence-corrected chi connectivity index (χ3v) is 2.21. The van der Waals surface area contributed by atoms with E-state index in [1.807, 2.05) is 35.9 Å². The Bertz CT molecular complexity index is 321. The number of hydrogen-bond acceptors (Lipinski definition) is 3. The van der Waals surface area contributed by atoms with Gasteiger partial charge in [-0.1, -0.05) is 6.07 Å². The van der Waals surface area contributed by atoms with Crippen LogP contribution in [0.15, 0.2) is 23.6 Å². The van der Waals surface area contributed by atoms with Crippen LogP contribution in [-0.2, 0) is 0 Å². The molecule has 1 aromatic rings. The van der Waals surface area contributed by atoms with E-state index >= 15 is 0 Å². The van der Waals surface area contributed by atoms with E-state index in [1.165, 1.54) is 0 Å². The Morgan fingerprint density at radius 3 is 2.43 bits per heavy atom. The second-order valence-electron chi connectivity index (χ2n) is 2.65. The van der Waals surface area contributed by atoms with Gasteiger partial charge in [0.15, 0.2) is 11.5 Å². The van der Waals surface area contributed by atoms with Gasteiger partial charge in [-0.15, -0.1) is 11.8 Å². The molecule has 0 unspecified atom stereocenters. The van der Waals surface area contributed by atoms with Crippen LogP contribution in [0.2, 0.25) is 0 Å². The molecule has 2 nitrogen and oxygen atoms in total. The smallest absolute Gasteiger partial charge is 0.161 e. The fourth-order valence-electron chi connectivity index (χ4n) is 1.10. The predicted octanol–water partition coefficient (Wildman–Crippen LogP) is 3.04. The third kappa shape index (κ3) is 2.70. The van der Waals surface area contributed by atoms with Crippen molar-refractivity contribution in [3.8, 4) is 11.5 Å². The van der Waals surface area contributed by atoms with Crippen LogP contribution in [0.25, 0.3) is 6.08 Å². The first kappa shape index (κ1) is 11.0. The minimum atomic E-state index is 0.758. The van der Waals surface area contributed by atoms with E-state index in [0.717, 1.165) is 17.1 Å².